The third-order valence-electron chi connectivity index (χ3n) is 17.7. The highest BCUT2D eigenvalue weighted by Gasteiger charge is 2.31. The molecule has 1 nitrogen and oxygen atoms in total. The fourth-order valence-electron chi connectivity index (χ4n) is 12.4. The van der Waals surface area contributed by atoms with Gasteiger partial charge in [-0.15, -0.1) is 0 Å². The van der Waals surface area contributed by atoms with Gasteiger partial charge in [-0.2, -0.15) is 0 Å². The predicted octanol–water partition coefficient (Wildman–Crippen LogP) is 26.1. The lowest BCUT2D eigenvalue weighted by Gasteiger charge is -2.43. The SMILES string of the molecule is CCCCCCCCCCCCCCCCCC[N+](C)(CCCCCCCCCCCCCCCCCC)C(CCCCCCCCCCCCCCCC)CCCCCCCCCCCCCCCC. The van der Waals surface area contributed by atoms with Crippen LogP contribution in [0.4, 0.5) is 0 Å². The summed E-state index contributed by atoms with van der Waals surface area (Å²) in [4.78, 5) is 0. The molecule has 71 heavy (non-hydrogen) atoms. The predicted molar refractivity (Wildman–Crippen MR) is 329 cm³/mol. The molecule has 0 aliphatic rings. The summed E-state index contributed by atoms with van der Waals surface area (Å²) in [5, 5.41) is 0. The summed E-state index contributed by atoms with van der Waals surface area (Å²) >= 11 is 0. The molecule has 0 aliphatic carbocycles. The third kappa shape index (κ3) is 56.0. The number of hydrogen-bond donors (Lipinski definition) is 0. The second-order valence-electron chi connectivity index (χ2n) is 25.0. The normalized spacial score (nSPS) is 12.1. The molecule has 0 aliphatic heterocycles. The van der Waals surface area contributed by atoms with Gasteiger partial charge in [-0.25, -0.2) is 0 Å². The molecule has 0 amide bonds. The summed E-state index contributed by atoms with van der Waals surface area (Å²) in [6, 6.07) is 0.900. The van der Waals surface area contributed by atoms with Crippen molar-refractivity contribution in [2.45, 2.75) is 432 Å². The van der Waals surface area contributed by atoms with Crippen molar-refractivity contribution in [3.63, 3.8) is 0 Å². The van der Waals surface area contributed by atoms with Gasteiger partial charge >= 0.3 is 0 Å². The summed E-state index contributed by atoms with van der Waals surface area (Å²) < 4.78 is 1.41. The molecule has 0 unspecified atom stereocenters. The fourth-order valence-corrected chi connectivity index (χ4v) is 12.4. The van der Waals surface area contributed by atoms with Crippen LogP contribution in [0.2, 0.25) is 0 Å². The van der Waals surface area contributed by atoms with Crippen LogP contribution in [0.5, 0.6) is 0 Å². The molecule has 428 valence electrons. The molecule has 0 atom stereocenters. The smallest absolute Gasteiger partial charge is 0.0888 e. The molecule has 0 fully saturated rings. The van der Waals surface area contributed by atoms with Crippen LogP contribution in [0.1, 0.15) is 426 Å². The summed E-state index contributed by atoms with van der Waals surface area (Å²) in [7, 11) is 2.77. The lowest BCUT2D eigenvalue weighted by molar-refractivity contribution is -0.934. The van der Waals surface area contributed by atoms with Crippen LogP contribution < -0.4 is 0 Å². The van der Waals surface area contributed by atoms with E-state index in [1.165, 1.54) is 416 Å². The van der Waals surface area contributed by atoms with Gasteiger partial charge in [0.15, 0.2) is 0 Å². The lowest BCUT2D eigenvalue weighted by Crippen LogP contribution is -2.53. The Morgan fingerprint density at radius 3 is 0.451 bits per heavy atom. The van der Waals surface area contributed by atoms with E-state index in [1.807, 2.05) is 0 Å². The molecule has 0 rings (SSSR count). The van der Waals surface area contributed by atoms with Gasteiger partial charge in [0.2, 0.25) is 0 Å². The summed E-state index contributed by atoms with van der Waals surface area (Å²) in [5.74, 6) is 0. The van der Waals surface area contributed by atoms with E-state index in [2.05, 4.69) is 34.7 Å². The molecule has 0 aromatic carbocycles. The lowest BCUT2D eigenvalue weighted by atomic mass is 9.95. The second kappa shape index (κ2) is 62.5. The van der Waals surface area contributed by atoms with Crippen LogP contribution in [0.3, 0.4) is 0 Å². The van der Waals surface area contributed by atoms with Gasteiger partial charge in [0, 0.05) is 0 Å². The zero-order chi connectivity index (χ0) is 51.3. The molecular weight excluding hydrogens is 855 g/mol. The largest absolute Gasteiger partial charge is 0.324 e. The Labute approximate surface area is 454 Å². The van der Waals surface area contributed by atoms with Gasteiger partial charge in [-0.05, 0) is 51.4 Å². The van der Waals surface area contributed by atoms with Crippen LogP contribution in [-0.4, -0.2) is 30.7 Å². The third-order valence-corrected chi connectivity index (χ3v) is 17.7. The highest BCUT2D eigenvalue weighted by molar-refractivity contribution is 4.65. The monoisotopic (exact) mass is 999 g/mol. The van der Waals surface area contributed by atoms with E-state index in [4.69, 9.17) is 0 Å². The Morgan fingerprint density at radius 1 is 0.169 bits per heavy atom. The van der Waals surface area contributed by atoms with Gasteiger partial charge in [0.1, 0.15) is 0 Å². The molecule has 1 heteroatoms. The minimum atomic E-state index is 0.900. The molecule has 0 saturated carbocycles. The fraction of sp³-hybridized carbons (Fsp3) is 1.00. The van der Waals surface area contributed by atoms with Crippen molar-refractivity contribution in [2.24, 2.45) is 0 Å². The zero-order valence-corrected chi connectivity index (χ0v) is 51.3. The molecule has 0 aromatic rings. The van der Waals surface area contributed by atoms with E-state index in [1.54, 1.807) is 0 Å². The van der Waals surface area contributed by atoms with Crippen molar-refractivity contribution in [3.05, 3.63) is 0 Å². The maximum atomic E-state index is 2.77. The zero-order valence-electron chi connectivity index (χ0n) is 51.3. The van der Waals surface area contributed by atoms with Crippen LogP contribution in [0.15, 0.2) is 0 Å². The molecule has 0 N–H and O–H groups in total. The maximum Gasteiger partial charge on any atom is 0.0888 e. The van der Waals surface area contributed by atoms with Crippen molar-refractivity contribution in [2.75, 3.05) is 20.1 Å². The van der Waals surface area contributed by atoms with Crippen molar-refractivity contribution in [1.29, 1.82) is 0 Å². The average Bonchev–Trinajstić information content (AvgIpc) is 3.37. The first kappa shape index (κ1) is 71.0. The summed E-state index contributed by atoms with van der Waals surface area (Å²) in [6.07, 6.45) is 91.5. The number of nitrogens with zero attached hydrogens (tertiary/aromatic N) is 1. The molecule has 0 radical (unpaired) electrons. The number of quaternary nitrogens is 1. The Balaban J connectivity index is 5.03. The van der Waals surface area contributed by atoms with Crippen LogP contribution in [0.25, 0.3) is 0 Å². The van der Waals surface area contributed by atoms with Crippen molar-refractivity contribution >= 4 is 0 Å². The minimum Gasteiger partial charge on any atom is -0.324 e. The van der Waals surface area contributed by atoms with Gasteiger partial charge in [-0.1, -0.05) is 374 Å². The first-order valence-electron chi connectivity index (χ1n) is 35.0. The number of rotatable bonds is 65. The Morgan fingerprint density at radius 2 is 0.296 bits per heavy atom. The summed E-state index contributed by atoms with van der Waals surface area (Å²) in [5.41, 5.74) is 0. The van der Waals surface area contributed by atoms with Gasteiger partial charge in [-0.3, -0.25) is 0 Å². The van der Waals surface area contributed by atoms with E-state index in [0.717, 1.165) is 6.04 Å². The number of hydrogen-bond acceptors (Lipinski definition) is 0. The van der Waals surface area contributed by atoms with Crippen molar-refractivity contribution < 1.29 is 4.48 Å². The highest BCUT2D eigenvalue weighted by atomic mass is 15.4. The van der Waals surface area contributed by atoms with E-state index < -0.39 is 0 Å². The Hall–Kier alpha value is -0.0400. The second-order valence-corrected chi connectivity index (χ2v) is 25.0. The Bertz CT molecular complexity index is 841. The quantitative estimate of drug-likeness (QED) is 0.0421. The molecule has 0 heterocycles. The van der Waals surface area contributed by atoms with E-state index in [9.17, 15) is 0 Å². The topological polar surface area (TPSA) is 0 Å². The van der Waals surface area contributed by atoms with Gasteiger partial charge in [0.25, 0.3) is 0 Å². The van der Waals surface area contributed by atoms with Crippen LogP contribution in [-0.2, 0) is 0 Å². The number of unbranched alkanes of at least 4 members (excludes halogenated alkanes) is 56. The van der Waals surface area contributed by atoms with Gasteiger partial charge < -0.3 is 4.48 Å². The maximum absolute atomic E-state index is 2.77. The van der Waals surface area contributed by atoms with Crippen LogP contribution in [0, 0.1) is 0 Å². The Kier molecular flexibility index (Phi) is 62.5. The van der Waals surface area contributed by atoms with Crippen molar-refractivity contribution in [1.82, 2.24) is 0 Å². The standard InChI is InChI=1S/C70H144N/c1-6-10-14-18-22-26-30-34-38-40-44-48-52-56-60-64-68-71(5,69-65-61-57-53-49-45-41-39-35-31-27-23-19-15-11-7-2)70(66-62-58-54-50-46-42-36-32-28-24-20-16-12-8-3)67-63-59-55-51-47-43-37-33-29-25-21-17-13-9-4/h70H,6-69H2,1-5H3/q+1. The molecule has 0 saturated heterocycles. The minimum absolute atomic E-state index is 0.900. The van der Waals surface area contributed by atoms with Crippen LogP contribution >= 0.6 is 0 Å². The van der Waals surface area contributed by atoms with Gasteiger partial charge in [0.05, 0.1) is 26.2 Å². The first-order valence-corrected chi connectivity index (χ1v) is 35.0. The summed E-state index contributed by atoms with van der Waals surface area (Å²) in [6.45, 7) is 12.2. The average molecular weight is 1000 g/mol. The van der Waals surface area contributed by atoms with E-state index >= 15 is 0 Å². The molecular formula is C70H144N+. The van der Waals surface area contributed by atoms with Crippen molar-refractivity contribution in [3.8, 4) is 0 Å². The van der Waals surface area contributed by atoms with E-state index in [-0.39, 0.29) is 0 Å². The molecule has 0 spiro atoms. The first-order chi connectivity index (χ1) is 35.1. The molecule has 0 bridgehead atoms. The molecule has 0 aromatic heterocycles. The highest BCUT2D eigenvalue weighted by Crippen LogP contribution is 2.27. The van der Waals surface area contributed by atoms with E-state index in [0.29, 0.717) is 0 Å².